The molecule has 0 N–H and O–H groups in total. The molecule has 162 valence electrons. The van der Waals surface area contributed by atoms with Crippen molar-refractivity contribution in [1.82, 2.24) is 9.13 Å². The van der Waals surface area contributed by atoms with Gasteiger partial charge in [0.05, 0.1) is 17.6 Å². The molecule has 5 nitrogen and oxygen atoms in total. The van der Waals surface area contributed by atoms with Crippen LogP contribution in [0.1, 0.15) is 33.6 Å². The van der Waals surface area contributed by atoms with Gasteiger partial charge in [-0.1, -0.05) is 29.3 Å². The molecule has 0 amide bonds. The minimum atomic E-state index is -0.550. The van der Waals surface area contributed by atoms with E-state index in [1.165, 1.54) is 15.9 Å². The number of halogens is 2. The summed E-state index contributed by atoms with van der Waals surface area (Å²) in [4.78, 5) is 41.9. The molecule has 0 saturated carbocycles. The molecule has 0 unspecified atom stereocenters. The van der Waals surface area contributed by atoms with Gasteiger partial charge in [-0.25, -0.2) is 9.36 Å². The number of fused-ring (bicyclic) bond motifs is 3. The first-order valence-electron chi connectivity index (χ1n) is 10.3. The van der Waals surface area contributed by atoms with Gasteiger partial charge in [0.25, 0.3) is 5.56 Å². The van der Waals surface area contributed by atoms with Crippen molar-refractivity contribution in [1.29, 1.82) is 0 Å². The fourth-order valence-corrected chi connectivity index (χ4v) is 5.90. The van der Waals surface area contributed by atoms with Crippen molar-refractivity contribution in [2.24, 2.45) is 0 Å². The van der Waals surface area contributed by atoms with Crippen molar-refractivity contribution < 1.29 is 4.79 Å². The van der Waals surface area contributed by atoms with Gasteiger partial charge in [0, 0.05) is 20.5 Å². The van der Waals surface area contributed by atoms with Crippen LogP contribution in [0, 0.1) is 0 Å². The Hall–Kier alpha value is -2.67. The zero-order valence-corrected chi connectivity index (χ0v) is 19.3. The second-order valence-electron chi connectivity index (χ2n) is 7.81. The van der Waals surface area contributed by atoms with E-state index in [-0.39, 0.29) is 17.9 Å². The minimum Gasteiger partial charge on any atom is -0.292 e. The summed E-state index contributed by atoms with van der Waals surface area (Å²) in [5, 5.41) is 1.49. The van der Waals surface area contributed by atoms with Gasteiger partial charge in [-0.3, -0.25) is 14.2 Å². The molecule has 0 fully saturated rings. The minimum absolute atomic E-state index is 0.169. The summed E-state index contributed by atoms with van der Waals surface area (Å²) >= 11 is 13.5. The predicted octanol–water partition coefficient (Wildman–Crippen LogP) is 5.28. The number of Topliss-reactive ketones (excluding diaryl/α,β-unsaturated/α-hetero) is 1. The zero-order valence-electron chi connectivity index (χ0n) is 16.9. The maximum absolute atomic E-state index is 13.6. The maximum Gasteiger partial charge on any atom is 0.337 e. The average Bonchev–Trinajstić information content (AvgIpc) is 3.17. The van der Waals surface area contributed by atoms with Crippen LogP contribution < -0.4 is 11.2 Å². The molecule has 0 bridgehead atoms. The molecule has 32 heavy (non-hydrogen) atoms. The Morgan fingerprint density at radius 2 is 1.72 bits per heavy atom. The maximum atomic E-state index is 13.6. The van der Waals surface area contributed by atoms with Crippen molar-refractivity contribution in [2.45, 2.75) is 32.2 Å². The molecule has 5 rings (SSSR count). The first-order chi connectivity index (χ1) is 15.4. The van der Waals surface area contributed by atoms with Crippen LogP contribution in [0.15, 0.2) is 58.1 Å². The first kappa shape index (κ1) is 21.2. The smallest absolute Gasteiger partial charge is 0.292 e. The van der Waals surface area contributed by atoms with E-state index in [1.807, 2.05) is 0 Å². The molecule has 1 aliphatic rings. The van der Waals surface area contributed by atoms with Gasteiger partial charge in [0.1, 0.15) is 4.83 Å². The highest BCUT2D eigenvalue weighted by molar-refractivity contribution is 7.18. The molecule has 2 heterocycles. The quantitative estimate of drug-likeness (QED) is 0.370. The zero-order chi connectivity index (χ0) is 22.4. The van der Waals surface area contributed by atoms with Crippen LogP contribution in [0.4, 0.5) is 0 Å². The van der Waals surface area contributed by atoms with Crippen molar-refractivity contribution in [3.05, 3.63) is 95.4 Å². The Morgan fingerprint density at radius 1 is 0.969 bits per heavy atom. The van der Waals surface area contributed by atoms with Crippen molar-refractivity contribution >= 4 is 50.5 Å². The van der Waals surface area contributed by atoms with Crippen molar-refractivity contribution in [3.63, 3.8) is 0 Å². The van der Waals surface area contributed by atoms with Gasteiger partial charge < -0.3 is 0 Å². The Bertz CT molecular complexity index is 1480. The van der Waals surface area contributed by atoms with E-state index in [0.29, 0.717) is 31.5 Å². The summed E-state index contributed by atoms with van der Waals surface area (Å²) in [5.41, 5.74) is 0.936. The lowest BCUT2D eigenvalue weighted by atomic mass is 9.97. The number of benzene rings is 2. The number of hydrogen-bond donors (Lipinski definition) is 0. The van der Waals surface area contributed by atoms with Gasteiger partial charge in [-0.15, -0.1) is 11.3 Å². The largest absolute Gasteiger partial charge is 0.337 e. The molecular formula is C24H18Cl2N2O3S. The van der Waals surface area contributed by atoms with Gasteiger partial charge in [0.15, 0.2) is 5.78 Å². The Labute approximate surface area is 197 Å². The first-order valence-corrected chi connectivity index (χ1v) is 11.9. The second-order valence-corrected chi connectivity index (χ2v) is 9.77. The molecule has 0 radical (unpaired) electrons. The Kier molecular flexibility index (Phi) is 5.53. The summed E-state index contributed by atoms with van der Waals surface area (Å²) in [6.45, 7) is -0.169. The number of carbonyl (C=O) groups excluding carboxylic acids is 1. The number of aromatic nitrogens is 2. The second kappa shape index (κ2) is 8.35. The molecular weight excluding hydrogens is 467 g/mol. The van der Waals surface area contributed by atoms with Gasteiger partial charge >= 0.3 is 5.69 Å². The van der Waals surface area contributed by atoms with E-state index >= 15 is 0 Å². The number of hydrogen-bond acceptors (Lipinski definition) is 4. The van der Waals surface area contributed by atoms with Crippen LogP contribution in [-0.4, -0.2) is 14.9 Å². The van der Waals surface area contributed by atoms with Gasteiger partial charge in [-0.05, 0) is 73.7 Å². The van der Waals surface area contributed by atoms with E-state index in [2.05, 4.69) is 0 Å². The van der Waals surface area contributed by atoms with Crippen LogP contribution in [0.3, 0.4) is 0 Å². The number of carbonyl (C=O) groups is 1. The predicted molar refractivity (Wildman–Crippen MR) is 129 cm³/mol. The lowest BCUT2D eigenvalue weighted by molar-refractivity contribution is 0.0972. The normalized spacial score (nSPS) is 13.3. The summed E-state index contributed by atoms with van der Waals surface area (Å²) in [6, 6.07) is 13.2. The average molecular weight is 485 g/mol. The fraction of sp³-hybridized carbons (Fsp3) is 0.208. The molecule has 0 spiro atoms. The van der Waals surface area contributed by atoms with Crippen LogP contribution in [0.5, 0.6) is 0 Å². The fourth-order valence-electron chi connectivity index (χ4n) is 4.22. The van der Waals surface area contributed by atoms with E-state index in [4.69, 9.17) is 23.2 Å². The lowest BCUT2D eigenvalue weighted by Gasteiger charge is -2.13. The van der Waals surface area contributed by atoms with E-state index in [0.717, 1.165) is 40.7 Å². The standard InChI is InChI=1S/C24H18Cl2N2O3S/c25-15-10-8-14(9-11-15)19(29)13-27-23-21(18-6-1-2-7-20(18)32-23)22(30)28(24(27)31)17-5-3-4-16(26)12-17/h3-5,8-12H,1-2,6-7,13H2. The molecule has 1 aliphatic carbocycles. The number of aryl methyl sites for hydroxylation is 2. The van der Waals surface area contributed by atoms with E-state index in [9.17, 15) is 14.4 Å². The summed E-state index contributed by atoms with van der Waals surface area (Å²) in [6.07, 6.45) is 3.72. The molecule has 0 saturated heterocycles. The third-order valence-electron chi connectivity index (χ3n) is 5.77. The summed E-state index contributed by atoms with van der Waals surface area (Å²) in [7, 11) is 0. The molecule has 2 aromatic heterocycles. The number of ketones is 1. The number of rotatable bonds is 4. The van der Waals surface area contributed by atoms with Crippen LogP contribution in [0.25, 0.3) is 15.9 Å². The van der Waals surface area contributed by atoms with Crippen molar-refractivity contribution in [3.8, 4) is 5.69 Å². The van der Waals surface area contributed by atoms with Crippen LogP contribution in [0.2, 0.25) is 10.0 Å². The van der Waals surface area contributed by atoms with Gasteiger partial charge in [0.2, 0.25) is 0 Å². The van der Waals surface area contributed by atoms with Gasteiger partial charge in [-0.2, -0.15) is 0 Å². The number of nitrogens with zero attached hydrogens (tertiary/aromatic N) is 2. The lowest BCUT2D eigenvalue weighted by Crippen LogP contribution is -2.40. The monoisotopic (exact) mass is 484 g/mol. The SMILES string of the molecule is O=C(Cn1c(=O)n(-c2cccc(Cl)c2)c(=O)c2c3c(sc21)CCCC3)c1ccc(Cl)cc1. The third-order valence-corrected chi connectivity index (χ3v) is 7.57. The highest BCUT2D eigenvalue weighted by Gasteiger charge is 2.25. The summed E-state index contributed by atoms with van der Waals surface area (Å²) < 4.78 is 2.56. The molecule has 8 heteroatoms. The van der Waals surface area contributed by atoms with Crippen molar-refractivity contribution in [2.75, 3.05) is 0 Å². The molecule has 4 aromatic rings. The third kappa shape index (κ3) is 3.62. The molecule has 2 aromatic carbocycles. The Balaban J connectivity index is 1.76. The van der Waals surface area contributed by atoms with Crippen LogP contribution in [-0.2, 0) is 19.4 Å². The van der Waals surface area contributed by atoms with E-state index < -0.39 is 5.69 Å². The number of thiophene rings is 1. The molecule has 0 atom stereocenters. The topological polar surface area (TPSA) is 61.1 Å². The highest BCUT2D eigenvalue weighted by Crippen LogP contribution is 2.34. The Morgan fingerprint density at radius 3 is 2.47 bits per heavy atom. The molecule has 0 aliphatic heterocycles. The van der Waals surface area contributed by atoms with Crippen LogP contribution >= 0.6 is 34.5 Å². The van der Waals surface area contributed by atoms with E-state index in [1.54, 1.807) is 48.5 Å². The summed E-state index contributed by atoms with van der Waals surface area (Å²) in [5.74, 6) is -0.229. The highest BCUT2D eigenvalue weighted by atomic mass is 35.5.